The highest BCUT2D eigenvalue weighted by atomic mass is 79.9. The molecule has 0 saturated heterocycles. The Morgan fingerprint density at radius 2 is 2.25 bits per heavy atom. The number of benzene rings is 1. The van der Waals surface area contributed by atoms with Crippen molar-refractivity contribution >= 4 is 21.8 Å². The first-order valence-electron chi connectivity index (χ1n) is 4.95. The molecule has 16 heavy (non-hydrogen) atoms. The van der Waals surface area contributed by atoms with Crippen molar-refractivity contribution in [2.45, 2.75) is 13.0 Å². The van der Waals surface area contributed by atoms with Crippen molar-refractivity contribution in [3.05, 3.63) is 34.1 Å². The number of halogens is 2. The van der Waals surface area contributed by atoms with Crippen molar-refractivity contribution < 1.29 is 9.18 Å². The minimum atomic E-state index is -0.375. The van der Waals surface area contributed by atoms with Crippen molar-refractivity contribution in [2.75, 3.05) is 13.6 Å². The zero-order valence-corrected chi connectivity index (χ0v) is 10.8. The van der Waals surface area contributed by atoms with E-state index < -0.39 is 0 Å². The Morgan fingerprint density at radius 1 is 1.56 bits per heavy atom. The van der Waals surface area contributed by atoms with Crippen molar-refractivity contribution in [1.29, 1.82) is 0 Å². The fourth-order valence-corrected chi connectivity index (χ4v) is 1.47. The van der Waals surface area contributed by atoms with Gasteiger partial charge in [-0.1, -0.05) is 0 Å². The van der Waals surface area contributed by atoms with Crippen LogP contribution < -0.4 is 10.6 Å². The number of carbonyl (C=O) groups is 1. The maximum absolute atomic E-state index is 12.9. The van der Waals surface area contributed by atoms with Crippen LogP contribution in [0.2, 0.25) is 0 Å². The Hall–Kier alpha value is -0.940. The predicted octanol–water partition coefficient (Wildman–Crippen LogP) is 1.93. The topological polar surface area (TPSA) is 41.1 Å². The van der Waals surface area contributed by atoms with Gasteiger partial charge in [0, 0.05) is 18.2 Å². The lowest BCUT2D eigenvalue weighted by Crippen LogP contribution is -2.37. The van der Waals surface area contributed by atoms with Gasteiger partial charge in [-0.3, -0.25) is 4.79 Å². The first kappa shape index (κ1) is 13.1. The summed E-state index contributed by atoms with van der Waals surface area (Å²) in [5, 5.41) is 5.76. The van der Waals surface area contributed by atoms with E-state index in [1.165, 1.54) is 18.2 Å². The molecule has 0 radical (unpaired) electrons. The van der Waals surface area contributed by atoms with E-state index in [0.717, 1.165) is 0 Å². The van der Waals surface area contributed by atoms with Crippen molar-refractivity contribution in [3.63, 3.8) is 0 Å². The summed E-state index contributed by atoms with van der Waals surface area (Å²) >= 11 is 3.04. The first-order chi connectivity index (χ1) is 7.54. The van der Waals surface area contributed by atoms with E-state index in [2.05, 4.69) is 26.6 Å². The molecule has 1 aromatic rings. The molecule has 2 N–H and O–H groups in total. The SMILES string of the molecule is CNC(C)CNC(=O)c1ccc(F)c(Br)c1. The summed E-state index contributed by atoms with van der Waals surface area (Å²) in [7, 11) is 1.82. The molecule has 3 nitrogen and oxygen atoms in total. The maximum Gasteiger partial charge on any atom is 0.251 e. The number of likely N-dealkylation sites (N-methyl/N-ethyl adjacent to an activating group) is 1. The zero-order chi connectivity index (χ0) is 12.1. The van der Waals surface area contributed by atoms with Crippen LogP contribution in [-0.2, 0) is 0 Å². The monoisotopic (exact) mass is 288 g/mol. The molecule has 0 bridgehead atoms. The van der Waals surface area contributed by atoms with Crippen LogP contribution in [0, 0.1) is 5.82 Å². The molecular formula is C11H14BrFN2O. The van der Waals surface area contributed by atoms with Crippen LogP contribution in [0.4, 0.5) is 4.39 Å². The molecule has 0 spiro atoms. The van der Waals surface area contributed by atoms with Gasteiger partial charge in [0.1, 0.15) is 5.82 Å². The standard InChI is InChI=1S/C11H14BrFN2O/c1-7(14-2)6-15-11(16)8-3-4-10(13)9(12)5-8/h3-5,7,14H,6H2,1-2H3,(H,15,16). The molecule has 1 aromatic carbocycles. The van der Waals surface area contributed by atoms with Crippen molar-refractivity contribution in [2.24, 2.45) is 0 Å². The Balaban J connectivity index is 2.63. The van der Waals surface area contributed by atoms with E-state index in [4.69, 9.17) is 0 Å². The summed E-state index contributed by atoms with van der Waals surface area (Å²) in [5.41, 5.74) is 0.441. The average Bonchev–Trinajstić information content (AvgIpc) is 2.29. The third-order valence-electron chi connectivity index (χ3n) is 2.24. The number of hydrogen-bond acceptors (Lipinski definition) is 2. The number of hydrogen-bond donors (Lipinski definition) is 2. The lowest BCUT2D eigenvalue weighted by Gasteiger charge is -2.11. The van der Waals surface area contributed by atoms with Gasteiger partial charge in [0.15, 0.2) is 0 Å². The van der Waals surface area contributed by atoms with Crippen LogP contribution in [0.1, 0.15) is 17.3 Å². The summed E-state index contributed by atoms with van der Waals surface area (Å²) < 4.78 is 13.2. The van der Waals surface area contributed by atoms with E-state index in [-0.39, 0.29) is 17.8 Å². The molecule has 5 heteroatoms. The largest absolute Gasteiger partial charge is 0.350 e. The maximum atomic E-state index is 12.9. The first-order valence-corrected chi connectivity index (χ1v) is 5.74. The van der Waals surface area contributed by atoms with E-state index >= 15 is 0 Å². The third-order valence-corrected chi connectivity index (χ3v) is 2.85. The lowest BCUT2D eigenvalue weighted by atomic mass is 10.2. The van der Waals surface area contributed by atoms with Gasteiger partial charge in [0.25, 0.3) is 5.91 Å². The second-order valence-electron chi connectivity index (χ2n) is 3.53. The summed E-state index contributed by atoms with van der Waals surface area (Å²) in [6, 6.07) is 4.39. The Morgan fingerprint density at radius 3 is 2.81 bits per heavy atom. The Bertz CT molecular complexity index is 384. The molecule has 0 aromatic heterocycles. The molecule has 88 valence electrons. The highest BCUT2D eigenvalue weighted by Gasteiger charge is 2.08. The second-order valence-corrected chi connectivity index (χ2v) is 4.38. The molecule has 0 aliphatic heterocycles. The molecule has 1 amide bonds. The van der Waals surface area contributed by atoms with Crippen LogP contribution in [0.3, 0.4) is 0 Å². The molecule has 0 aliphatic rings. The normalized spacial score (nSPS) is 12.2. The van der Waals surface area contributed by atoms with E-state index in [0.29, 0.717) is 16.6 Å². The van der Waals surface area contributed by atoms with Gasteiger partial charge in [0.2, 0.25) is 0 Å². The summed E-state index contributed by atoms with van der Waals surface area (Å²) in [5.74, 6) is -0.581. The zero-order valence-electron chi connectivity index (χ0n) is 9.18. The second kappa shape index (κ2) is 5.96. The summed E-state index contributed by atoms with van der Waals surface area (Å²) in [6.07, 6.45) is 0. The smallest absolute Gasteiger partial charge is 0.251 e. The predicted molar refractivity (Wildman–Crippen MR) is 65.0 cm³/mol. The molecule has 0 fully saturated rings. The van der Waals surface area contributed by atoms with Gasteiger partial charge in [-0.2, -0.15) is 0 Å². The highest BCUT2D eigenvalue weighted by Crippen LogP contribution is 2.16. The van der Waals surface area contributed by atoms with Gasteiger partial charge in [-0.25, -0.2) is 4.39 Å². The van der Waals surface area contributed by atoms with Crippen LogP contribution in [-0.4, -0.2) is 25.5 Å². The van der Waals surface area contributed by atoms with Gasteiger partial charge >= 0.3 is 0 Å². The number of nitrogens with one attached hydrogen (secondary N) is 2. The number of rotatable bonds is 4. The van der Waals surface area contributed by atoms with E-state index in [1.54, 1.807) is 0 Å². The molecule has 1 rings (SSSR count). The molecule has 0 saturated carbocycles. The van der Waals surface area contributed by atoms with Gasteiger partial charge < -0.3 is 10.6 Å². The average molecular weight is 289 g/mol. The van der Waals surface area contributed by atoms with Crippen LogP contribution >= 0.6 is 15.9 Å². The quantitative estimate of drug-likeness (QED) is 0.889. The molecule has 1 unspecified atom stereocenters. The number of carbonyl (C=O) groups excluding carboxylic acids is 1. The van der Waals surface area contributed by atoms with Crippen molar-refractivity contribution in [1.82, 2.24) is 10.6 Å². The van der Waals surface area contributed by atoms with Gasteiger partial charge in [0.05, 0.1) is 4.47 Å². The molecular weight excluding hydrogens is 275 g/mol. The lowest BCUT2D eigenvalue weighted by molar-refractivity contribution is 0.0950. The highest BCUT2D eigenvalue weighted by molar-refractivity contribution is 9.10. The summed E-state index contributed by atoms with van der Waals surface area (Å²) in [4.78, 5) is 11.6. The van der Waals surface area contributed by atoms with Crippen LogP contribution in [0.25, 0.3) is 0 Å². The van der Waals surface area contributed by atoms with Crippen LogP contribution in [0.5, 0.6) is 0 Å². The minimum Gasteiger partial charge on any atom is -0.350 e. The fourth-order valence-electron chi connectivity index (χ4n) is 1.09. The van der Waals surface area contributed by atoms with E-state index in [1.807, 2.05) is 14.0 Å². The Kier molecular flexibility index (Phi) is 4.89. The molecule has 0 heterocycles. The minimum absolute atomic E-state index is 0.202. The fraction of sp³-hybridized carbons (Fsp3) is 0.364. The van der Waals surface area contributed by atoms with Crippen molar-refractivity contribution in [3.8, 4) is 0 Å². The Labute approximate surface area is 103 Å². The third kappa shape index (κ3) is 3.57. The van der Waals surface area contributed by atoms with E-state index in [9.17, 15) is 9.18 Å². The summed E-state index contributed by atoms with van der Waals surface area (Å²) in [6.45, 7) is 2.49. The molecule has 0 aliphatic carbocycles. The van der Waals surface area contributed by atoms with Gasteiger partial charge in [-0.05, 0) is 48.1 Å². The van der Waals surface area contributed by atoms with Crippen LogP contribution in [0.15, 0.2) is 22.7 Å². The van der Waals surface area contributed by atoms with Gasteiger partial charge in [-0.15, -0.1) is 0 Å². The molecule has 1 atom stereocenters. The number of amides is 1.